The molecule has 4 rings (SSSR count). The maximum Gasteiger partial charge on any atom is 0.341 e. The highest BCUT2D eigenvalue weighted by Gasteiger charge is 2.29. The number of hydrogen-bond donors (Lipinski definition) is 2. The van der Waals surface area contributed by atoms with Crippen molar-refractivity contribution in [1.29, 1.82) is 0 Å². The number of nitrogens with one attached hydrogen (secondary N) is 2. The van der Waals surface area contributed by atoms with Crippen LogP contribution < -0.4 is 10.0 Å². The fourth-order valence-corrected chi connectivity index (χ4v) is 6.74. The number of sulfonamides is 1. The zero-order valence-electron chi connectivity index (χ0n) is 18.9. The minimum Gasteiger partial charge on any atom is -0.462 e. The fraction of sp³-hybridized carbons (Fsp3) is 0.217. The number of halogens is 1. The van der Waals surface area contributed by atoms with E-state index < -0.39 is 37.4 Å². The maximum atomic E-state index is 13.2. The first-order valence-corrected chi connectivity index (χ1v) is 13.5. The number of esters is 1. The number of para-hydroxylation sites is 1. The van der Waals surface area contributed by atoms with Gasteiger partial charge in [0.25, 0.3) is 21.6 Å². The second-order valence-electron chi connectivity index (χ2n) is 7.76. The summed E-state index contributed by atoms with van der Waals surface area (Å²) in [6.45, 7) is 1.88. The molecular weight excluding hydrogens is 530 g/mol. The monoisotopic (exact) mass is 549 g/mol. The molecule has 2 aromatic carbocycles. The summed E-state index contributed by atoms with van der Waals surface area (Å²) >= 11 is 7.30. The van der Waals surface area contributed by atoms with E-state index in [-0.39, 0.29) is 22.9 Å². The number of nitro groups is 1. The molecule has 0 bridgehead atoms. The average molecular weight is 550 g/mol. The number of nitrogens with zero attached hydrogens (tertiary/aromatic N) is 1. The van der Waals surface area contributed by atoms with E-state index in [0.717, 1.165) is 41.5 Å². The summed E-state index contributed by atoms with van der Waals surface area (Å²) in [6.07, 6.45) is 2.41. The van der Waals surface area contributed by atoms with Crippen LogP contribution in [0, 0.1) is 10.1 Å². The van der Waals surface area contributed by atoms with Gasteiger partial charge in [-0.25, -0.2) is 13.2 Å². The lowest BCUT2D eigenvalue weighted by Crippen LogP contribution is -2.19. The number of aryl methyl sites for hydroxylation is 1. The number of anilines is 2. The number of non-ortho nitro benzene ring substituents is 1. The summed E-state index contributed by atoms with van der Waals surface area (Å²) in [5, 5.41) is 13.9. The second-order valence-corrected chi connectivity index (χ2v) is 10.9. The van der Waals surface area contributed by atoms with E-state index >= 15 is 0 Å². The van der Waals surface area contributed by atoms with Gasteiger partial charge in [0.1, 0.15) is 9.90 Å². The van der Waals surface area contributed by atoms with Gasteiger partial charge in [-0.05, 0) is 49.9 Å². The van der Waals surface area contributed by atoms with Gasteiger partial charge in [-0.15, -0.1) is 11.3 Å². The van der Waals surface area contributed by atoms with Crippen molar-refractivity contribution in [1.82, 2.24) is 0 Å². The molecule has 0 saturated heterocycles. The molecule has 0 saturated carbocycles. The van der Waals surface area contributed by atoms with Crippen molar-refractivity contribution in [2.24, 2.45) is 0 Å². The van der Waals surface area contributed by atoms with Crippen LogP contribution in [-0.2, 0) is 27.6 Å². The Morgan fingerprint density at radius 3 is 2.67 bits per heavy atom. The molecule has 13 heteroatoms. The van der Waals surface area contributed by atoms with Gasteiger partial charge in [0.05, 0.1) is 33.4 Å². The second kappa shape index (κ2) is 10.2. The van der Waals surface area contributed by atoms with Crippen LogP contribution in [0.2, 0.25) is 5.02 Å². The average Bonchev–Trinajstić information content (AvgIpc) is 3.40. The number of thiophene rings is 1. The first-order valence-electron chi connectivity index (χ1n) is 10.8. The van der Waals surface area contributed by atoms with Crippen molar-refractivity contribution in [3.05, 3.63) is 79.2 Å². The van der Waals surface area contributed by atoms with E-state index in [1.807, 2.05) is 0 Å². The molecule has 0 unspecified atom stereocenters. The predicted molar refractivity (Wildman–Crippen MR) is 136 cm³/mol. The van der Waals surface area contributed by atoms with Gasteiger partial charge in [0.2, 0.25) is 0 Å². The fourth-order valence-electron chi connectivity index (χ4n) is 3.86. The standard InChI is InChI=1S/C23H20ClN3O7S2/c1-2-34-23(29)20-15-7-5-9-18(15)35-22(20)25-21(28)14-6-3-4-8-17(14)26-36(32,33)19-12-13(27(30)31)10-11-16(19)24/h3-4,6,8,10-12,26H,2,5,7,9H2,1H3,(H,25,28). The topological polar surface area (TPSA) is 145 Å². The van der Waals surface area contributed by atoms with E-state index in [1.165, 1.54) is 29.5 Å². The Balaban J connectivity index is 1.65. The lowest BCUT2D eigenvalue weighted by molar-refractivity contribution is -0.385. The number of carbonyl (C=O) groups excluding carboxylic acids is 2. The minimum absolute atomic E-state index is 0.0222. The highest BCUT2D eigenvalue weighted by molar-refractivity contribution is 7.92. The Labute approximate surface area is 215 Å². The van der Waals surface area contributed by atoms with Gasteiger partial charge in [-0.2, -0.15) is 0 Å². The molecule has 0 atom stereocenters. The number of fused-ring (bicyclic) bond motifs is 1. The summed E-state index contributed by atoms with van der Waals surface area (Å²) in [4.78, 5) is 36.7. The lowest BCUT2D eigenvalue weighted by atomic mass is 10.1. The van der Waals surface area contributed by atoms with E-state index in [0.29, 0.717) is 17.0 Å². The van der Waals surface area contributed by atoms with Crippen LogP contribution in [0.1, 0.15) is 44.5 Å². The number of benzene rings is 2. The Kier molecular flexibility index (Phi) is 7.29. The van der Waals surface area contributed by atoms with Gasteiger partial charge >= 0.3 is 5.97 Å². The molecule has 3 aromatic rings. The predicted octanol–water partition coefficient (Wildman–Crippen LogP) is 5.03. The summed E-state index contributed by atoms with van der Waals surface area (Å²) < 4.78 is 33.5. The quantitative estimate of drug-likeness (QED) is 0.228. The van der Waals surface area contributed by atoms with Gasteiger partial charge in [0.15, 0.2) is 0 Å². The Hall–Kier alpha value is -3.48. The number of hydrogen-bond acceptors (Lipinski definition) is 8. The summed E-state index contributed by atoms with van der Waals surface area (Å²) in [7, 11) is -4.39. The number of rotatable bonds is 8. The van der Waals surface area contributed by atoms with Crippen molar-refractivity contribution in [2.45, 2.75) is 31.1 Å². The summed E-state index contributed by atoms with van der Waals surface area (Å²) in [6, 6.07) is 8.89. The molecule has 188 valence electrons. The molecule has 10 nitrogen and oxygen atoms in total. The smallest absolute Gasteiger partial charge is 0.341 e. The van der Waals surface area contributed by atoms with Crippen molar-refractivity contribution < 1.29 is 27.7 Å². The molecule has 0 radical (unpaired) electrons. The van der Waals surface area contributed by atoms with Crippen LogP contribution in [0.25, 0.3) is 0 Å². The van der Waals surface area contributed by atoms with E-state index in [4.69, 9.17) is 16.3 Å². The minimum atomic E-state index is -4.39. The molecule has 1 heterocycles. The van der Waals surface area contributed by atoms with E-state index in [1.54, 1.807) is 13.0 Å². The molecule has 2 N–H and O–H groups in total. The number of nitro benzene ring substituents is 1. The summed E-state index contributed by atoms with van der Waals surface area (Å²) in [5.41, 5.74) is 0.639. The van der Waals surface area contributed by atoms with Crippen LogP contribution in [-0.4, -0.2) is 31.8 Å². The molecule has 1 aliphatic carbocycles. The Morgan fingerprint density at radius 1 is 1.19 bits per heavy atom. The first kappa shape index (κ1) is 25.6. The highest BCUT2D eigenvalue weighted by Crippen LogP contribution is 2.40. The Morgan fingerprint density at radius 2 is 1.94 bits per heavy atom. The number of ether oxygens (including phenoxy) is 1. The van der Waals surface area contributed by atoms with Crippen molar-refractivity contribution in [2.75, 3.05) is 16.6 Å². The zero-order valence-corrected chi connectivity index (χ0v) is 21.3. The third kappa shape index (κ3) is 5.06. The molecule has 1 amide bonds. The highest BCUT2D eigenvalue weighted by atomic mass is 35.5. The van der Waals surface area contributed by atoms with Crippen LogP contribution in [0.15, 0.2) is 47.4 Å². The number of amides is 1. The van der Waals surface area contributed by atoms with Crippen LogP contribution in [0.5, 0.6) is 0 Å². The SMILES string of the molecule is CCOC(=O)c1c(NC(=O)c2ccccc2NS(=O)(=O)c2cc([N+](=O)[O-])ccc2Cl)sc2c1CCC2. The summed E-state index contributed by atoms with van der Waals surface area (Å²) in [5.74, 6) is -1.18. The third-order valence-corrected chi connectivity index (χ3v) is 8.51. The largest absolute Gasteiger partial charge is 0.462 e. The molecule has 36 heavy (non-hydrogen) atoms. The number of carbonyl (C=O) groups is 2. The zero-order chi connectivity index (χ0) is 26.0. The molecule has 0 fully saturated rings. The van der Waals surface area contributed by atoms with Crippen molar-refractivity contribution in [3.8, 4) is 0 Å². The van der Waals surface area contributed by atoms with E-state index in [2.05, 4.69) is 10.0 Å². The first-order chi connectivity index (χ1) is 17.1. The van der Waals surface area contributed by atoms with Crippen molar-refractivity contribution >= 4 is 61.2 Å². The molecule has 1 aliphatic rings. The Bertz CT molecular complexity index is 1480. The van der Waals surface area contributed by atoms with Crippen LogP contribution in [0.4, 0.5) is 16.4 Å². The van der Waals surface area contributed by atoms with Crippen LogP contribution in [0.3, 0.4) is 0 Å². The van der Waals surface area contributed by atoms with E-state index in [9.17, 15) is 28.1 Å². The van der Waals surface area contributed by atoms with Gasteiger partial charge < -0.3 is 10.1 Å². The van der Waals surface area contributed by atoms with Crippen molar-refractivity contribution in [3.63, 3.8) is 0 Å². The molecule has 0 spiro atoms. The lowest BCUT2D eigenvalue weighted by Gasteiger charge is -2.14. The normalized spacial score (nSPS) is 12.6. The van der Waals surface area contributed by atoms with Gasteiger partial charge in [-0.3, -0.25) is 19.6 Å². The maximum absolute atomic E-state index is 13.2. The van der Waals surface area contributed by atoms with Gasteiger partial charge in [0, 0.05) is 17.0 Å². The molecular formula is C23H20ClN3O7S2. The van der Waals surface area contributed by atoms with Crippen LogP contribution >= 0.6 is 22.9 Å². The molecule has 1 aromatic heterocycles. The molecule has 0 aliphatic heterocycles. The van der Waals surface area contributed by atoms with Gasteiger partial charge in [-0.1, -0.05) is 23.7 Å². The third-order valence-electron chi connectivity index (χ3n) is 5.46.